The Hall–Kier alpha value is -0.830. The van der Waals surface area contributed by atoms with Gasteiger partial charge in [-0.05, 0) is 26.0 Å². The highest BCUT2D eigenvalue weighted by Gasteiger charge is 2.49. The van der Waals surface area contributed by atoms with Crippen molar-refractivity contribution >= 4 is 17.6 Å². The molecule has 1 aliphatic heterocycles. The number of nitrogens with zero attached hydrogens (tertiary/aromatic N) is 1. The Morgan fingerprint density at radius 3 is 1.90 bits per heavy atom. The summed E-state index contributed by atoms with van der Waals surface area (Å²) in [6.07, 6.45) is 3.43. The van der Waals surface area contributed by atoms with Gasteiger partial charge < -0.3 is 9.05 Å². The van der Waals surface area contributed by atoms with Gasteiger partial charge in [0.05, 0.1) is 13.2 Å². The van der Waals surface area contributed by atoms with E-state index in [9.17, 15) is 26.2 Å². The predicted octanol–water partition coefficient (Wildman–Crippen LogP) is 2.81. The third-order valence-corrected chi connectivity index (χ3v) is 6.11. The Labute approximate surface area is 120 Å². The minimum Gasteiger partial charge on any atom is -0.308 e. The summed E-state index contributed by atoms with van der Waals surface area (Å²) in [5.41, 5.74) is -6.37. The van der Waals surface area contributed by atoms with Crippen LogP contribution in [0.15, 0.2) is 24.6 Å². The summed E-state index contributed by atoms with van der Waals surface area (Å²) in [6, 6.07) is 0. The first kappa shape index (κ1) is 18.2. The van der Waals surface area contributed by atoms with Gasteiger partial charge in [0.2, 0.25) is 0 Å². The van der Waals surface area contributed by atoms with Crippen molar-refractivity contribution in [3.05, 3.63) is 24.6 Å². The molecule has 1 rings (SSSR count). The third-order valence-electron chi connectivity index (χ3n) is 2.41. The van der Waals surface area contributed by atoms with Crippen LogP contribution in [0.1, 0.15) is 13.8 Å². The smallest absolute Gasteiger partial charge is 0.308 e. The first-order valence-electron chi connectivity index (χ1n) is 5.93. The van der Waals surface area contributed by atoms with Gasteiger partial charge in [-0.1, -0.05) is 0 Å². The largest absolute Gasteiger partial charge is 0.517 e. The summed E-state index contributed by atoms with van der Waals surface area (Å²) in [4.78, 5) is 0. The molecule has 1 heterocycles. The summed E-state index contributed by atoms with van der Waals surface area (Å²) in [5.74, 6) is 0. The molecule has 21 heavy (non-hydrogen) atoms. The van der Waals surface area contributed by atoms with Crippen LogP contribution in [0.3, 0.4) is 0 Å². The number of rotatable bonds is 6. The second kappa shape index (κ2) is 6.51. The maximum Gasteiger partial charge on any atom is 0.517 e. The molecule has 1 aliphatic rings. The summed E-state index contributed by atoms with van der Waals surface area (Å²) in [5, 5.41) is 0. The average Bonchev–Trinajstić information content (AvgIpc) is 2.38. The lowest BCUT2D eigenvalue weighted by molar-refractivity contribution is -0.0468. The zero-order chi connectivity index (χ0) is 16.3. The fourth-order valence-electron chi connectivity index (χ4n) is 1.52. The number of halogens is 3. The molecular weight excluding hydrogens is 334 g/mol. The summed E-state index contributed by atoms with van der Waals surface area (Å²) in [6.45, 7) is 3.34. The molecule has 0 saturated heterocycles. The summed E-state index contributed by atoms with van der Waals surface area (Å²) < 4.78 is 82.0. The highest BCUT2D eigenvalue weighted by Crippen LogP contribution is 2.54. The van der Waals surface area contributed by atoms with E-state index in [0.29, 0.717) is 12.4 Å². The van der Waals surface area contributed by atoms with Crippen LogP contribution in [0.4, 0.5) is 13.2 Å². The zero-order valence-electron chi connectivity index (χ0n) is 11.3. The van der Waals surface area contributed by atoms with Crippen molar-refractivity contribution in [2.24, 2.45) is 0 Å². The van der Waals surface area contributed by atoms with E-state index in [2.05, 4.69) is 0 Å². The van der Waals surface area contributed by atoms with Gasteiger partial charge in [0.15, 0.2) is 0 Å². The van der Waals surface area contributed by atoms with E-state index in [1.165, 1.54) is 0 Å². The summed E-state index contributed by atoms with van der Waals surface area (Å²) >= 11 is 0. The minimum atomic E-state index is -5.50. The molecule has 0 bridgehead atoms. The maximum atomic E-state index is 12.4. The lowest BCUT2D eigenvalue weighted by Gasteiger charge is -2.26. The van der Waals surface area contributed by atoms with Crippen molar-refractivity contribution in [2.75, 3.05) is 13.2 Å². The molecule has 11 heteroatoms. The quantitative estimate of drug-likeness (QED) is 0.690. The number of hydrogen-bond donors (Lipinski definition) is 0. The highest BCUT2D eigenvalue weighted by atomic mass is 32.2. The molecule has 0 aliphatic carbocycles. The molecular formula is C10H15F3NO5PS. The van der Waals surface area contributed by atoms with Crippen LogP contribution in [-0.4, -0.2) is 37.1 Å². The van der Waals surface area contributed by atoms with E-state index in [1.54, 1.807) is 13.8 Å². The van der Waals surface area contributed by atoms with Gasteiger partial charge in [-0.15, -0.1) is 0 Å². The molecule has 0 spiro atoms. The van der Waals surface area contributed by atoms with Crippen molar-refractivity contribution in [2.45, 2.75) is 25.0 Å². The van der Waals surface area contributed by atoms with E-state index in [1.807, 2.05) is 0 Å². The fourth-order valence-corrected chi connectivity index (χ4v) is 3.93. The molecule has 0 aromatic carbocycles. The predicted molar refractivity (Wildman–Crippen MR) is 69.7 cm³/mol. The van der Waals surface area contributed by atoms with Crippen molar-refractivity contribution in [3.8, 4) is 0 Å². The first-order valence-corrected chi connectivity index (χ1v) is 8.99. The number of sulfonamides is 1. The van der Waals surface area contributed by atoms with Gasteiger partial charge in [0.1, 0.15) is 5.66 Å². The highest BCUT2D eigenvalue weighted by molar-refractivity contribution is 7.90. The first-order chi connectivity index (χ1) is 9.58. The van der Waals surface area contributed by atoms with Gasteiger partial charge in [-0.3, -0.25) is 4.57 Å². The van der Waals surface area contributed by atoms with Gasteiger partial charge in [0.25, 0.3) is 0 Å². The Balaban J connectivity index is 2.98. The minimum absolute atomic E-state index is 0.00569. The Morgan fingerprint density at radius 1 is 1.14 bits per heavy atom. The second-order valence-electron chi connectivity index (χ2n) is 3.83. The molecule has 0 saturated carbocycles. The molecule has 0 aromatic heterocycles. The monoisotopic (exact) mass is 349 g/mol. The van der Waals surface area contributed by atoms with Gasteiger partial charge in [-0.25, -0.2) is 4.31 Å². The van der Waals surface area contributed by atoms with Gasteiger partial charge in [0, 0.05) is 12.4 Å². The average molecular weight is 349 g/mol. The second-order valence-corrected chi connectivity index (χ2v) is 7.86. The fraction of sp³-hybridized carbons (Fsp3) is 0.600. The topological polar surface area (TPSA) is 72.9 Å². The Morgan fingerprint density at radius 2 is 1.57 bits per heavy atom. The molecule has 0 atom stereocenters. The third kappa shape index (κ3) is 3.88. The lowest BCUT2D eigenvalue weighted by Crippen LogP contribution is -2.35. The van der Waals surface area contributed by atoms with Crippen molar-refractivity contribution in [1.29, 1.82) is 0 Å². The Kier molecular flexibility index (Phi) is 5.65. The molecule has 0 N–H and O–H groups in total. The van der Waals surface area contributed by atoms with Crippen LogP contribution in [0.5, 0.6) is 0 Å². The summed E-state index contributed by atoms with van der Waals surface area (Å²) in [7, 11) is -9.10. The van der Waals surface area contributed by atoms with Gasteiger partial charge >= 0.3 is 23.1 Å². The molecule has 122 valence electrons. The van der Waals surface area contributed by atoms with E-state index in [4.69, 9.17) is 9.05 Å². The van der Waals surface area contributed by atoms with Crippen LogP contribution in [0.2, 0.25) is 0 Å². The van der Waals surface area contributed by atoms with Crippen molar-refractivity contribution in [1.82, 2.24) is 4.31 Å². The molecule has 0 unspecified atom stereocenters. The van der Waals surface area contributed by atoms with E-state index in [-0.39, 0.29) is 17.5 Å². The SMILES string of the molecule is CCOP(=O)(OCC)C1C=CN(S(=O)(=O)C(F)(F)F)C=C1. The van der Waals surface area contributed by atoms with Crippen LogP contribution < -0.4 is 0 Å². The number of allylic oxidation sites excluding steroid dienone is 2. The van der Waals surface area contributed by atoms with Crippen LogP contribution in [0, 0.1) is 0 Å². The molecule has 0 amide bonds. The van der Waals surface area contributed by atoms with Gasteiger partial charge in [-0.2, -0.15) is 21.6 Å². The lowest BCUT2D eigenvalue weighted by atomic mass is 10.3. The molecule has 0 radical (unpaired) electrons. The number of alkyl halides is 3. The standard InChI is InChI=1S/C10H15F3NO5PS/c1-3-18-20(15,19-4-2)9-5-7-14(8-6-9)21(16,17)10(11,12)13/h5-9H,3-4H2,1-2H3. The van der Waals surface area contributed by atoms with Crippen molar-refractivity contribution in [3.63, 3.8) is 0 Å². The molecule has 0 fully saturated rings. The van der Waals surface area contributed by atoms with E-state index >= 15 is 0 Å². The van der Waals surface area contributed by atoms with Crippen LogP contribution >= 0.6 is 7.60 Å². The maximum absolute atomic E-state index is 12.4. The van der Waals surface area contributed by atoms with E-state index < -0.39 is 28.8 Å². The van der Waals surface area contributed by atoms with E-state index in [0.717, 1.165) is 12.2 Å². The molecule has 6 nitrogen and oxygen atoms in total. The Bertz CT molecular complexity index is 548. The zero-order valence-corrected chi connectivity index (χ0v) is 13.0. The van der Waals surface area contributed by atoms with Crippen LogP contribution in [0.25, 0.3) is 0 Å². The molecule has 0 aromatic rings. The normalized spacial score (nSPS) is 17.5. The van der Waals surface area contributed by atoms with Crippen LogP contribution in [-0.2, 0) is 23.6 Å². The number of hydrogen-bond acceptors (Lipinski definition) is 5. The van der Waals surface area contributed by atoms with Crippen molar-refractivity contribution < 1.29 is 35.2 Å².